The quantitative estimate of drug-likeness (QED) is 0.349. The Morgan fingerprint density at radius 1 is 0.714 bits per heavy atom. The smallest absolute Gasteiger partial charge is 0.0100 e. The summed E-state index contributed by atoms with van der Waals surface area (Å²) in [5.41, 5.74) is 0. The molecule has 0 spiro atoms. The largest absolute Gasteiger partial charge is 0.153 e. The minimum atomic E-state index is 0. The van der Waals surface area contributed by atoms with E-state index in [2.05, 4.69) is 62.4 Å². The first-order valence-electron chi connectivity index (χ1n) is 7.39. The zero-order chi connectivity index (χ0) is 14.5. The van der Waals surface area contributed by atoms with Crippen LogP contribution in [-0.4, -0.2) is 21.1 Å². The number of hydrogen-bond acceptors (Lipinski definition) is 0. The average Bonchev–Trinajstić information content (AvgIpc) is 2.51. The summed E-state index contributed by atoms with van der Waals surface area (Å²) in [6, 6.07) is 21.0. The molecule has 113 valence electrons. The van der Waals surface area contributed by atoms with Crippen LogP contribution in [0.2, 0.25) is 8.87 Å². The monoisotopic (exact) mass is 425 g/mol. The summed E-state index contributed by atoms with van der Waals surface area (Å²) < 4.78 is 3.19. The van der Waals surface area contributed by atoms with Gasteiger partial charge in [0.2, 0.25) is 0 Å². The van der Waals surface area contributed by atoms with Crippen molar-refractivity contribution in [2.45, 2.75) is 35.6 Å². The molecule has 0 amide bonds. The summed E-state index contributed by atoms with van der Waals surface area (Å²) in [4.78, 5) is 0. The maximum atomic E-state index is 2.29. The van der Waals surface area contributed by atoms with Crippen LogP contribution < -0.4 is 10.6 Å². The summed E-state index contributed by atoms with van der Waals surface area (Å²) in [6.45, 7) is 4.58. The van der Waals surface area contributed by atoms with Crippen molar-refractivity contribution >= 4 is 50.2 Å². The molecule has 0 N–H and O–H groups in total. The molecule has 2 rings (SSSR count). The summed E-state index contributed by atoms with van der Waals surface area (Å²) in [6.07, 6.45) is 2.87. The minimum absolute atomic E-state index is 0. The van der Waals surface area contributed by atoms with Gasteiger partial charge in [0.25, 0.3) is 0 Å². The van der Waals surface area contributed by atoms with Crippen LogP contribution in [0, 0.1) is 0 Å². The van der Waals surface area contributed by atoms with Gasteiger partial charge in [0, 0.05) is 0 Å². The van der Waals surface area contributed by atoms with Crippen molar-refractivity contribution in [1.29, 1.82) is 0 Å². The van der Waals surface area contributed by atoms with Crippen LogP contribution in [0.25, 0.3) is 0 Å². The molecular weight excluding hydrogens is 397 g/mol. The standard InChI is InChI=1S/C12H10P.2C3H7.H3P.Sn/c1-3-7-11(8-4-1)13-12-9-5-2-6-10-12;2*1-3-2;;/h1-10H;2*1,3H2,2H3;1H3;. The zero-order valence-corrected chi connectivity index (χ0v) is 18.4. The Hall–Kier alpha value is 0.0987. The molecule has 21 heavy (non-hydrogen) atoms. The van der Waals surface area contributed by atoms with Gasteiger partial charge in [-0.25, -0.2) is 0 Å². The predicted molar refractivity (Wildman–Crippen MR) is 106 cm³/mol. The third-order valence-electron chi connectivity index (χ3n) is 2.62. The van der Waals surface area contributed by atoms with Crippen LogP contribution in [0.4, 0.5) is 0 Å². The molecule has 0 aliphatic rings. The molecule has 1 unspecified atom stereocenters. The molecule has 1 atom stereocenters. The summed E-state index contributed by atoms with van der Waals surface area (Å²) in [5, 5.41) is 2.68. The molecule has 0 aliphatic carbocycles. The minimum Gasteiger partial charge on any atom is -0.153 e. The Labute approximate surface area is 146 Å². The zero-order valence-electron chi connectivity index (χ0n) is 13.3. The Bertz CT molecular complexity index is 390. The Balaban J connectivity index is 0.000000436. The van der Waals surface area contributed by atoms with E-state index in [4.69, 9.17) is 0 Å². The van der Waals surface area contributed by atoms with Crippen LogP contribution in [0.3, 0.4) is 0 Å². The molecule has 0 fully saturated rings. The molecule has 0 heterocycles. The number of hydrogen-bond donors (Lipinski definition) is 0. The molecule has 0 nitrogen and oxygen atoms in total. The molecule has 0 saturated heterocycles. The van der Waals surface area contributed by atoms with Crippen molar-refractivity contribution in [2.75, 3.05) is 0 Å². The van der Waals surface area contributed by atoms with Gasteiger partial charge in [0.15, 0.2) is 0 Å². The number of benzene rings is 2. The molecule has 3 heteroatoms. The molecule has 3 radical (unpaired) electrons. The van der Waals surface area contributed by atoms with Gasteiger partial charge in [-0.2, -0.15) is 9.90 Å². The van der Waals surface area contributed by atoms with E-state index in [0.717, 1.165) is 0 Å². The van der Waals surface area contributed by atoms with Crippen LogP contribution in [-0.2, 0) is 0 Å². The van der Waals surface area contributed by atoms with Crippen molar-refractivity contribution in [3.63, 3.8) is 0 Å². The van der Waals surface area contributed by atoms with E-state index < -0.39 is 0 Å². The van der Waals surface area contributed by atoms with Crippen LogP contribution in [0.5, 0.6) is 0 Å². The van der Waals surface area contributed by atoms with Gasteiger partial charge < -0.3 is 0 Å². The second kappa shape index (κ2) is 15.0. The van der Waals surface area contributed by atoms with Crippen LogP contribution >= 0.6 is 18.5 Å². The normalized spacial score (nSPS) is 9.24. The van der Waals surface area contributed by atoms with E-state index in [0.29, 0.717) is 0 Å². The van der Waals surface area contributed by atoms with Crippen molar-refractivity contribution in [3.05, 3.63) is 60.7 Å². The topological polar surface area (TPSA) is 0 Å². The molecule has 0 bridgehead atoms. The molecule has 0 aromatic heterocycles. The Morgan fingerprint density at radius 3 is 1.43 bits per heavy atom. The number of rotatable bonds is 6. The maximum Gasteiger partial charge on any atom is -0.0100 e. The fourth-order valence-electron chi connectivity index (χ4n) is 1.63. The van der Waals surface area contributed by atoms with Gasteiger partial charge >= 0.3 is 56.7 Å². The predicted octanol–water partition coefficient (Wildman–Crippen LogP) is 4.99. The molecule has 2 aromatic carbocycles. The molecule has 0 saturated carbocycles. The van der Waals surface area contributed by atoms with Crippen molar-refractivity contribution in [1.82, 2.24) is 0 Å². The SMILES string of the molecule is CC[CH2][Sn][CH2]CC.P.c1ccc([P]c2ccccc2)cc1. The van der Waals surface area contributed by atoms with Crippen molar-refractivity contribution in [3.8, 4) is 0 Å². The van der Waals surface area contributed by atoms with Crippen LogP contribution in [0.1, 0.15) is 26.7 Å². The third-order valence-corrected chi connectivity index (χ3v) is 8.61. The van der Waals surface area contributed by atoms with E-state index in [9.17, 15) is 0 Å². The Kier molecular flexibility index (Phi) is 15.1. The summed E-state index contributed by atoms with van der Waals surface area (Å²) in [5.74, 6) is 0. The van der Waals surface area contributed by atoms with Crippen LogP contribution in [0.15, 0.2) is 60.7 Å². The second-order valence-corrected chi connectivity index (χ2v) is 10.1. The van der Waals surface area contributed by atoms with Gasteiger partial charge in [-0.15, -0.1) is 0 Å². The molecule has 2 aromatic rings. The molecule has 0 aliphatic heterocycles. The van der Waals surface area contributed by atoms with Gasteiger partial charge in [0.1, 0.15) is 0 Å². The van der Waals surface area contributed by atoms with Gasteiger partial charge in [-0.3, -0.25) is 0 Å². The summed E-state index contributed by atoms with van der Waals surface area (Å²) in [7, 11) is 1.28. The first kappa shape index (κ1) is 21.1. The first-order chi connectivity index (χ1) is 9.86. The van der Waals surface area contributed by atoms with Crippen molar-refractivity contribution < 1.29 is 0 Å². The van der Waals surface area contributed by atoms with Gasteiger partial charge in [-0.05, 0) is 19.2 Å². The fourth-order valence-corrected chi connectivity index (χ4v) is 5.30. The van der Waals surface area contributed by atoms with E-state index in [1.807, 2.05) is 12.1 Å². The summed E-state index contributed by atoms with van der Waals surface area (Å²) >= 11 is 0.181. The van der Waals surface area contributed by atoms with Crippen molar-refractivity contribution in [2.24, 2.45) is 0 Å². The second-order valence-electron chi connectivity index (χ2n) is 4.53. The Morgan fingerprint density at radius 2 is 1.10 bits per heavy atom. The van der Waals surface area contributed by atoms with Gasteiger partial charge in [-0.1, -0.05) is 60.7 Å². The van der Waals surface area contributed by atoms with Gasteiger partial charge in [0.05, 0.1) is 0 Å². The fraction of sp³-hybridized carbons (Fsp3) is 0.333. The van der Waals surface area contributed by atoms with E-state index in [1.54, 1.807) is 8.87 Å². The first-order valence-corrected chi connectivity index (χ1v) is 12.3. The van der Waals surface area contributed by atoms with E-state index >= 15 is 0 Å². The van der Waals surface area contributed by atoms with E-state index in [1.165, 1.54) is 32.0 Å². The average molecular weight is 424 g/mol. The maximum absolute atomic E-state index is 2.29. The molecular formula is C18H27P2Sn. The third kappa shape index (κ3) is 11.3. The van der Waals surface area contributed by atoms with E-state index in [-0.39, 0.29) is 31.0 Å².